The highest BCUT2D eigenvalue weighted by atomic mass is 32.2. The minimum absolute atomic E-state index is 0.189. The fourth-order valence-electron chi connectivity index (χ4n) is 3.06. The molecule has 21 heavy (non-hydrogen) atoms. The molecule has 0 heterocycles. The Hall–Kier alpha value is -1.00. The van der Waals surface area contributed by atoms with Crippen LogP contribution >= 0.6 is 11.8 Å². The van der Waals surface area contributed by atoms with E-state index in [0.717, 1.165) is 49.2 Å². The number of aliphatic hydroxyl groups excluding tert-OH is 1. The number of amides is 1. The van der Waals surface area contributed by atoms with Gasteiger partial charge >= 0.3 is 0 Å². The smallest absolute Gasteiger partial charge is 0.230 e. The van der Waals surface area contributed by atoms with Gasteiger partial charge in [-0.1, -0.05) is 43.2 Å². The molecular weight excluding hydrogens is 282 g/mol. The first-order chi connectivity index (χ1) is 10.3. The van der Waals surface area contributed by atoms with E-state index < -0.39 is 0 Å². The van der Waals surface area contributed by atoms with Crippen LogP contribution in [0.3, 0.4) is 0 Å². The summed E-state index contributed by atoms with van der Waals surface area (Å²) in [5.41, 5.74) is 0.852. The zero-order valence-corrected chi connectivity index (χ0v) is 13.3. The fraction of sp³-hybridized carbons (Fsp3) is 0.588. The lowest BCUT2D eigenvalue weighted by Gasteiger charge is -2.28. The number of benzene rings is 1. The second-order valence-corrected chi connectivity index (χ2v) is 6.83. The predicted octanol–water partition coefficient (Wildman–Crippen LogP) is 2.73. The average molecular weight is 307 g/mol. The van der Waals surface area contributed by atoms with E-state index in [1.54, 1.807) is 11.8 Å². The average Bonchev–Trinajstić information content (AvgIpc) is 3.02. The SMILES string of the molecule is O=C(NCCSCCCO)C1(c2ccccc2)CCCC1. The zero-order valence-electron chi connectivity index (χ0n) is 12.5. The van der Waals surface area contributed by atoms with Gasteiger partial charge in [0, 0.05) is 18.9 Å². The van der Waals surface area contributed by atoms with Gasteiger partial charge in [-0.05, 0) is 30.6 Å². The number of hydrogen-bond donors (Lipinski definition) is 2. The molecule has 0 bridgehead atoms. The molecule has 1 aromatic carbocycles. The minimum atomic E-state index is -0.309. The van der Waals surface area contributed by atoms with Crippen molar-refractivity contribution >= 4 is 17.7 Å². The van der Waals surface area contributed by atoms with Gasteiger partial charge in [-0.15, -0.1) is 0 Å². The molecule has 2 rings (SSSR count). The summed E-state index contributed by atoms with van der Waals surface area (Å²) >= 11 is 1.78. The molecule has 1 saturated carbocycles. The number of aliphatic hydroxyl groups is 1. The van der Waals surface area contributed by atoms with Crippen LogP contribution in [0.1, 0.15) is 37.7 Å². The highest BCUT2D eigenvalue weighted by molar-refractivity contribution is 7.99. The van der Waals surface area contributed by atoms with Crippen LogP contribution in [0.25, 0.3) is 0 Å². The molecular formula is C17H25NO2S. The molecule has 116 valence electrons. The first-order valence-corrected chi connectivity index (χ1v) is 8.97. The summed E-state index contributed by atoms with van der Waals surface area (Å²) in [5.74, 6) is 2.06. The lowest BCUT2D eigenvalue weighted by molar-refractivity contribution is -0.126. The van der Waals surface area contributed by atoms with E-state index in [4.69, 9.17) is 5.11 Å². The van der Waals surface area contributed by atoms with Crippen LogP contribution in [-0.2, 0) is 10.2 Å². The fourth-order valence-corrected chi connectivity index (χ4v) is 3.84. The molecule has 1 aromatic rings. The maximum Gasteiger partial charge on any atom is 0.230 e. The van der Waals surface area contributed by atoms with Crippen molar-refractivity contribution in [3.63, 3.8) is 0 Å². The van der Waals surface area contributed by atoms with Gasteiger partial charge in [-0.3, -0.25) is 4.79 Å². The second kappa shape index (κ2) is 8.44. The molecule has 0 aromatic heterocycles. The third kappa shape index (κ3) is 4.24. The molecule has 0 atom stereocenters. The summed E-state index contributed by atoms with van der Waals surface area (Å²) in [6, 6.07) is 10.2. The zero-order chi connectivity index (χ0) is 15.0. The Labute approximate surface area is 131 Å². The van der Waals surface area contributed by atoms with Crippen LogP contribution in [0.2, 0.25) is 0 Å². The van der Waals surface area contributed by atoms with Crippen LogP contribution in [0.4, 0.5) is 0 Å². The Balaban J connectivity index is 1.88. The van der Waals surface area contributed by atoms with E-state index in [0.29, 0.717) is 6.54 Å². The summed E-state index contributed by atoms with van der Waals surface area (Å²) in [5, 5.41) is 11.8. The van der Waals surface area contributed by atoms with Crippen molar-refractivity contribution in [2.45, 2.75) is 37.5 Å². The molecule has 4 heteroatoms. The van der Waals surface area contributed by atoms with Gasteiger partial charge in [0.1, 0.15) is 0 Å². The summed E-state index contributed by atoms with van der Waals surface area (Å²) in [6.07, 6.45) is 5.01. The molecule has 3 nitrogen and oxygen atoms in total. The van der Waals surface area contributed by atoms with Gasteiger partial charge in [0.25, 0.3) is 0 Å². The van der Waals surface area contributed by atoms with Gasteiger partial charge in [0.05, 0.1) is 5.41 Å². The maximum absolute atomic E-state index is 12.7. The van der Waals surface area contributed by atoms with Gasteiger partial charge in [0.15, 0.2) is 0 Å². The summed E-state index contributed by atoms with van der Waals surface area (Å²) in [4.78, 5) is 12.7. The Bertz CT molecular complexity index is 430. The number of hydrogen-bond acceptors (Lipinski definition) is 3. The number of carbonyl (C=O) groups is 1. The molecule has 0 aliphatic heterocycles. The Morgan fingerprint density at radius 3 is 2.57 bits per heavy atom. The van der Waals surface area contributed by atoms with Crippen LogP contribution in [-0.4, -0.2) is 35.7 Å². The van der Waals surface area contributed by atoms with Gasteiger partial charge < -0.3 is 10.4 Å². The van der Waals surface area contributed by atoms with Crippen LogP contribution in [0.5, 0.6) is 0 Å². The molecule has 1 aliphatic carbocycles. The van der Waals surface area contributed by atoms with Crippen molar-refractivity contribution in [3.8, 4) is 0 Å². The van der Waals surface area contributed by atoms with E-state index >= 15 is 0 Å². The van der Waals surface area contributed by atoms with Crippen molar-refractivity contribution in [1.82, 2.24) is 5.32 Å². The molecule has 0 saturated heterocycles. The van der Waals surface area contributed by atoms with Crippen molar-refractivity contribution < 1.29 is 9.90 Å². The molecule has 1 amide bonds. The Kier molecular flexibility index (Phi) is 6.58. The van der Waals surface area contributed by atoms with E-state index in [1.165, 1.54) is 0 Å². The van der Waals surface area contributed by atoms with E-state index in [2.05, 4.69) is 17.4 Å². The first kappa shape index (κ1) is 16.4. The van der Waals surface area contributed by atoms with Crippen molar-refractivity contribution in [3.05, 3.63) is 35.9 Å². The monoisotopic (exact) mass is 307 g/mol. The molecule has 0 spiro atoms. The molecule has 1 aliphatic rings. The predicted molar refractivity (Wildman–Crippen MR) is 88.6 cm³/mol. The van der Waals surface area contributed by atoms with E-state index in [1.807, 2.05) is 18.2 Å². The van der Waals surface area contributed by atoms with Crippen molar-refractivity contribution in [1.29, 1.82) is 0 Å². The van der Waals surface area contributed by atoms with Gasteiger partial charge in [-0.2, -0.15) is 11.8 Å². The third-order valence-corrected chi connectivity index (χ3v) is 5.27. The van der Waals surface area contributed by atoms with Gasteiger partial charge in [-0.25, -0.2) is 0 Å². The van der Waals surface area contributed by atoms with E-state index in [9.17, 15) is 4.79 Å². The largest absolute Gasteiger partial charge is 0.396 e. The van der Waals surface area contributed by atoms with Crippen LogP contribution in [0, 0.1) is 0 Å². The quantitative estimate of drug-likeness (QED) is 0.726. The molecule has 2 N–H and O–H groups in total. The number of thioether (sulfide) groups is 1. The number of carbonyl (C=O) groups excluding carboxylic acids is 1. The van der Waals surface area contributed by atoms with E-state index in [-0.39, 0.29) is 17.9 Å². The highest BCUT2D eigenvalue weighted by Gasteiger charge is 2.42. The molecule has 0 unspecified atom stereocenters. The third-order valence-electron chi connectivity index (χ3n) is 4.20. The topological polar surface area (TPSA) is 49.3 Å². The summed E-state index contributed by atoms with van der Waals surface area (Å²) < 4.78 is 0. The Morgan fingerprint density at radius 1 is 1.19 bits per heavy atom. The van der Waals surface area contributed by atoms with Crippen LogP contribution < -0.4 is 5.32 Å². The normalized spacial score (nSPS) is 16.8. The van der Waals surface area contributed by atoms with Gasteiger partial charge in [0.2, 0.25) is 5.91 Å². The number of rotatable bonds is 8. The maximum atomic E-state index is 12.7. The second-order valence-electron chi connectivity index (χ2n) is 5.60. The molecule has 1 fully saturated rings. The van der Waals surface area contributed by atoms with Crippen molar-refractivity contribution in [2.75, 3.05) is 24.7 Å². The summed E-state index contributed by atoms with van der Waals surface area (Å²) in [7, 11) is 0. The van der Waals surface area contributed by atoms with Crippen LogP contribution in [0.15, 0.2) is 30.3 Å². The summed E-state index contributed by atoms with van der Waals surface area (Å²) in [6.45, 7) is 0.958. The lowest BCUT2D eigenvalue weighted by Crippen LogP contribution is -2.43. The standard InChI is InChI=1S/C17H25NO2S/c19-12-6-13-21-14-11-18-16(20)17(9-4-5-10-17)15-7-2-1-3-8-15/h1-3,7-8,19H,4-6,9-14H2,(H,18,20). The Morgan fingerprint density at radius 2 is 1.90 bits per heavy atom. The first-order valence-electron chi connectivity index (χ1n) is 7.82. The minimum Gasteiger partial charge on any atom is -0.396 e. The molecule has 0 radical (unpaired) electrons. The number of nitrogens with one attached hydrogen (secondary N) is 1. The highest BCUT2D eigenvalue weighted by Crippen LogP contribution is 2.41. The van der Waals surface area contributed by atoms with Crippen molar-refractivity contribution in [2.24, 2.45) is 0 Å². The lowest BCUT2D eigenvalue weighted by atomic mass is 9.78.